The van der Waals surface area contributed by atoms with Crippen molar-refractivity contribution >= 4 is 34.7 Å². The zero-order chi connectivity index (χ0) is 20.1. The maximum Gasteiger partial charge on any atom is 0.234 e. The van der Waals surface area contributed by atoms with Crippen LogP contribution in [0.5, 0.6) is 0 Å². The molecule has 0 aliphatic heterocycles. The van der Waals surface area contributed by atoms with Crippen LogP contribution >= 0.6 is 23.1 Å². The Bertz CT molecular complexity index is 971. The number of thiophene rings is 1. The van der Waals surface area contributed by atoms with Crippen LogP contribution in [0.4, 0.5) is 14.5 Å². The molecule has 0 radical (unpaired) electrons. The topological polar surface area (TPSA) is 59.8 Å². The average Bonchev–Trinajstić information content (AvgIpc) is 3.29. The van der Waals surface area contributed by atoms with Gasteiger partial charge in [-0.2, -0.15) is 0 Å². The zero-order valence-corrected chi connectivity index (χ0v) is 17.2. The maximum absolute atomic E-state index is 13.7. The number of rotatable bonds is 8. The van der Waals surface area contributed by atoms with Gasteiger partial charge in [-0.15, -0.1) is 21.5 Å². The van der Waals surface area contributed by atoms with E-state index in [0.29, 0.717) is 5.16 Å². The van der Waals surface area contributed by atoms with Gasteiger partial charge in [0.2, 0.25) is 5.91 Å². The molecule has 1 aromatic carbocycles. The Morgan fingerprint density at radius 1 is 1.25 bits per heavy atom. The molecule has 0 atom stereocenters. The Balaban J connectivity index is 1.70. The van der Waals surface area contributed by atoms with Crippen LogP contribution in [0.15, 0.2) is 34.8 Å². The van der Waals surface area contributed by atoms with Gasteiger partial charge in [0.1, 0.15) is 11.6 Å². The third kappa shape index (κ3) is 4.77. The lowest BCUT2D eigenvalue weighted by Crippen LogP contribution is -2.15. The first kappa shape index (κ1) is 20.5. The van der Waals surface area contributed by atoms with Crippen LogP contribution in [0, 0.1) is 11.6 Å². The minimum absolute atomic E-state index is 0.0442. The van der Waals surface area contributed by atoms with Gasteiger partial charge in [-0.1, -0.05) is 25.6 Å². The lowest BCUT2D eigenvalue weighted by molar-refractivity contribution is -0.113. The van der Waals surface area contributed by atoms with E-state index < -0.39 is 17.5 Å². The zero-order valence-electron chi connectivity index (χ0n) is 15.5. The summed E-state index contributed by atoms with van der Waals surface area (Å²) in [4.78, 5) is 13.4. The maximum atomic E-state index is 13.7. The molecule has 0 fully saturated rings. The van der Waals surface area contributed by atoms with Crippen molar-refractivity contribution in [2.45, 2.75) is 38.4 Å². The first-order valence-electron chi connectivity index (χ1n) is 8.90. The molecule has 0 aliphatic rings. The predicted molar refractivity (Wildman–Crippen MR) is 109 cm³/mol. The molecule has 9 heteroatoms. The second-order valence-electron chi connectivity index (χ2n) is 6.07. The molecular weight excluding hydrogens is 402 g/mol. The third-order valence-electron chi connectivity index (χ3n) is 3.96. The molecule has 1 amide bonds. The monoisotopic (exact) mass is 422 g/mol. The van der Waals surface area contributed by atoms with Crippen molar-refractivity contribution in [3.63, 3.8) is 0 Å². The number of carbonyl (C=O) groups excluding carboxylic acids is 1. The van der Waals surface area contributed by atoms with Gasteiger partial charge in [0.15, 0.2) is 11.0 Å². The largest absolute Gasteiger partial charge is 0.323 e. The summed E-state index contributed by atoms with van der Waals surface area (Å²) in [6.07, 6.45) is 1.87. The smallest absolute Gasteiger partial charge is 0.234 e. The van der Waals surface area contributed by atoms with E-state index in [9.17, 15) is 13.6 Å². The van der Waals surface area contributed by atoms with Crippen LogP contribution in [0.1, 0.15) is 25.1 Å². The van der Waals surface area contributed by atoms with Crippen molar-refractivity contribution in [2.24, 2.45) is 0 Å². The highest BCUT2D eigenvalue weighted by Crippen LogP contribution is 2.28. The van der Waals surface area contributed by atoms with Crippen LogP contribution in [0.3, 0.4) is 0 Å². The van der Waals surface area contributed by atoms with Gasteiger partial charge in [-0.05, 0) is 31.0 Å². The minimum Gasteiger partial charge on any atom is -0.323 e. The molecule has 0 aliphatic carbocycles. The molecule has 0 spiro atoms. The van der Waals surface area contributed by atoms with Crippen molar-refractivity contribution in [1.82, 2.24) is 14.8 Å². The van der Waals surface area contributed by atoms with Crippen molar-refractivity contribution in [2.75, 3.05) is 11.1 Å². The van der Waals surface area contributed by atoms with Crippen molar-refractivity contribution in [3.05, 3.63) is 46.2 Å². The molecule has 1 N–H and O–H groups in total. The van der Waals surface area contributed by atoms with Gasteiger partial charge in [-0.3, -0.25) is 4.79 Å². The molecule has 2 heterocycles. The average molecular weight is 423 g/mol. The predicted octanol–water partition coefficient (Wildman–Crippen LogP) is 4.99. The summed E-state index contributed by atoms with van der Waals surface area (Å²) in [5.41, 5.74) is 0.973. The molecule has 0 unspecified atom stereocenters. The number of hydrogen-bond acceptors (Lipinski definition) is 5. The molecule has 5 nitrogen and oxygen atoms in total. The molecule has 0 saturated carbocycles. The Morgan fingerprint density at radius 3 is 2.75 bits per heavy atom. The SMILES string of the molecule is CCCn1c(SCC(=O)Nc2ccc(F)cc2F)nnc1-c1csc(CC)c1. The van der Waals surface area contributed by atoms with E-state index in [4.69, 9.17) is 0 Å². The number of amides is 1. The van der Waals surface area contributed by atoms with Gasteiger partial charge < -0.3 is 9.88 Å². The number of thioether (sulfide) groups is 1. The first-order valence-corrected chi connectivity index (χ1v) is 10.8. The van der Waals surface area contributed by atoms with Crippen LogP contribution < -0.4 is 5.32 Å². The Hall–Kier alpha value is -2.26. The quantitative estimate of drug-likeness (QED) is 0.520. The number of nitrogens with one attached hydrogen (secondary N) is 1. The lowest BCUT2D eigenvalue weighted by atomic mass is 10.2. The van der Waals surface area contributed by atoms with Crippen molar-refractivity contribution in [3.8, 4) is 11.4 Å². The second-order valence-corrected chi connectivity index (χ2v) is 8.01. The number of carbonyl (C=O) groups is 1. The van der Waals surface area contributed by atoms with Crippen LogP contribution in [0.25, 0.3) is 11.4 Å². The van der Waals surface area contributed by atoms with E-state index in [1.54, 1.807) is 11.3 Å². The van der Waals surface area contributed by atoms with Gasteiger partial charge in [0.05, 0.1) is 11.4 Å². The molecule has 0 bridgehead atoms. The summed E-state index contributed by atoms with van der Waals surface area (Å²) in [6, 6.07) is 5.14. The third-order valence-corrected chi connectivity index (χ3v) is 6.01. The number of aryl methyl sites for hydroxylation is 1. The summed E-state index contributed by atoms with van der Waals surface area (Å²) < 4.78 is 28.6. The minimum atomic E-state index is -0.807. The molecule has 3 aromatic rings. The lowest BCUT2D eigenvalue weighted by Gasteiger charge is -2.09. The molecule has 0 saturated heterocycles. The summed E-state index contributed by atoms with van der Waals surface area (Å²) in [5, 5.41) is 13.7. The molecule has 3 rings (SSSR count). The van der Waals surface area contributed by atoms with Crippen LogP contribution in [-0.2, 0) is 17.8 Å². The van der Waals surface area contributed by atoms with Crippen LogP contribution in [0.2, 0.25) is 0 Å². The van der Waals surface area contributed by atoms with Gasteiger partial charge in [0.25, 0.3) is 0 Å². The fourth-order valence-corrected chi connectivity index (χ4v) is 4.20. The summed E-state index contributed by atoms with van der Waals surface area (Å²) in [6.45, 7) is 4.90. The number of nitrogens with zero attached hydrogens (tertiary/aromatic N) is 3. The fraction of sp³-hybridized carbons (Fsp3) is 0.316. The summed E-state index contributed by atoms with van der Waals surface area (Å²) >= 11 is 2.92. The highest BCUT2D eigenvalue weighted by molar-refractivity contribution is 7.99. The van der Waals surface area contributed by atoms with E-state index in [1.165, 1.54) is 22.7 Å². The number of hydrogen-bond donors (Lipinski definition) is 1. The summed E-state index contributed by atoms with van der Waals surface area (Å²) in [5.74, 6) is -1.07. The van der Waals surface area contributed by atoms with Gasteiger partial charge in [0, 0.05) is 28.4 Å². The Kier molecular flexibility index (Phi) is 6.79. The molecule has 28 heavy (non-hydrogen) atoms. The fourth-order valence-electron chi connectivity index (χ4n) is 2.62. The van der Waals surface area contributed by atoms with E-state index in [0.717, 1.165) is 42.9 Å². The normalized spacial score (nSPS) is 11.0. The number of anilines is 1. The molecular formula is C19H20F2N4OS2. The van der Waals surface area contributed by atoms with Crippen molar-refractivity contribution in [1.29, 1.82) is 0 Å². The van der Waals surface area contributed by atoms with Gasteiger partial charge in [-0.25, -0.2) is 8.78 Å². The Labute approximate surface area is 170 Å². The van der Waals surface area contributed by atoms with E-state index in [-0.39, 0.29) is 11.4 Å². The van der Waals surface area contributed by atoms with E-state index in [1.807, 2.05) is 4.57 Å². The standard InChI is InChI=1S/C19H20F2N4OS2/c1-3-7-25-18(12-8-14(4-2)27-10-12)23-24-19(25)28-11-17(26)22-16-6-5-13(20)9-15(16)21/h5-6,8-10H,3-4,7,11H2,1-2H3,(H,22,26). The molecule has 148 valence electrons. The van der Waals surface area contributed by atoms with Crippen LogP contribution in [-0.4, -0.2) is 26.4 Å². The highest BCUT2D eigenvalue weighted by atomic mass is 32.2. The Morgan fingerprint density at radius 2 is 2.07 bits per heavy atom. The number of benzene rings is 1. The highest BCUT2D eigenvalue weighted by Gasteiger charge is 2.17. The van der Waals surface area contributed by atoms with Gasteiger partial charge >= 0.3 is 0 Å². The van der Waals surface area contributed by atoms with E-state index >= 15 is 0 Å². The summed E-state index contributed by atoms with van der Waals surface area (Å²) in [7, 11) is 0. The number of halogens is 2. The molecule has 2 aromatic heterocycles. The second kappa shape index (κ2) is 9.29. The number of aromatic nitrogens is 3. The van der Waals surface area contributed by atoms with E-state index in [2.05, 4.69) is 40.8 Å². The van der Waals surface area contributed by atoms with Crippen molar-refractivity contribution < 1.29 is 13.6 Å². The first-order chi connectivity index (χ1) is 13.5.